The minimum atomic E-state index is -0.506. The summed E-state index contributed by atoms with van der Waals surface area (Å²) >= 11 is 5.59. The summed E-state index contributed by atoms with van der Waals surface area (Å²) < 4.78 is 13.3. The second kappa shape index (κ2) is 4.94. The maximum Gasteiger partial charge on any atom is 0.143 e. The van der Waals surface area contributed by atoms with Gasteiger partial charge in [-0.25, -0.2) is 4.39 Å². The SMILES string of the molecule is N#Cc1ccc(Nc2ccc(Cl)c(F)c2)c(N)c1. The molecule has 2 aromatic carbocycles. The lowest BCUT2D eigenvalue weighted by Crippen LogP contribution is -1.97. The fraction of sp³-hybridized carbons (Fsp3) is 0. The van der Waals surface area contributed by atoms with E-state index in [4.69, 9.17) is 22.6 Å². The van der Waals surface area contributed by atoms with E-state index in [0.29, 0.717) is 22.6 Å². The Morgan fingerprint density at radius 1 is 1.22 bits per heavy atom. The fourth-order valence-corrected chi connectivity index (χ4v) is 1.59. The quantitative estimate of drug-likeness (QED) is 0.811. The summed E-state index contributed by atoms with van der Waals surface area (Å²) in [5, 5.41) is 11.7. The van der Waals surface area contributed by atoms with Crippen LogP contribution in [0.25, 0.3) is 0 Å². The van der Waals surface area contributed by atoms with E-state index in [1.807, 2.05) is 6.07 Å². The average Bonchev–Trinajstić information content (AvgIpc) is 2.36. The number of rotatable bonds is 2. The first-order chi connectivity index (χ1) is 8.60. The van der Waals surface area contributed by atoms with Crippen LogP contribution in [-0.2, 0) is 0 Å². The molecule has 90 valence electrons. The molecular weight excluding hydrogens is 253 g/mol. The van der Waals surface area contributed by atoms with Gasteiger partial charge in [-0.3, -0.25) is 0 Å². The zero-order valence-corrected chi connectivity index (χ0v) is 10.0. The van der Waals surface area contributed by atoms with E-state index >= 15 is 0 Å². The molecule has 0 atom stereocenters. The van der Waals surface area contributed by atoms with Gasteiger partial charge in [-0.05, 0) is 36.4 Å². The summed E-state index contributed by atoms with van der Waals surface area (Å²) in [5.74, 6) is -0.506. The highest BCUT2D eigenvalue weighted by atomic mass is 35.5. The largest absolute Gasteiger partial charge is 0.397 e. The summed E-state index contributed by atoms with van der Waals surface area (Å²) in [4.78, 5) is 0. The van der Waals surface area contributed by atoms with Crippen molar-refractivity contribution in [3.8, 4) is 6.07 Å². The lowest BCUT2D eigenvalue weighted by Gasteiger charge is -2.09. The van der Waals surface area contributed by atoms with Crippen molar-refractivity contribution in [3.63, 3.8) is 0 Å². The predicted octanol–water partition coefficient (Wildman–Crippen LogP) is 3.68. The highest BCUT2D eigenvalue weighted by molar-refractivity contribution is 6.30. The highest BCUT2D eigenvalue weighted by Gasteiger charge is 2.04. The molecule has 0 unspecified atom stereocenters. The first-order valence-electron chi connectivity index (χ1n) is 5.12. The van der Waals surface area contributed by atoms with Gasteiger partial charge in [0.05, 0.1) is 28.0 Å². The number of anilines is 3. The van der Waals surface area contributed by atoms with Crippen molar-refractivity contribution in [1.29, 1.82) is 5.26 Å². The average molecular weight is 262 g/mol. The second-order valence-electron chi connectivity index (χ2n) is 3.67. The minimum Gasteiger partial charge on any atom is -0.397 e. The van der Waals surface area contributed by atoms with Gasteiger partial charge < -0.3 is 11.1 Å². The topological polar surface area (TPSA) is 61.8 Å². The molecule has 3 N–H and O–H groups in total. The van der Waals surface area contributed by atoms with Crippen LogP contribution in [0.4, 0.5) is 21.5 Å². The molecule has 0 bridgehead atoms. The Morgan fingerprint density at radius 3 is 2.61 bits per heavy atom. The molecule has 0 saturated carbocycles. The number of nitrogens with two attached hydrogens (primary N) is 1. The normalized spacial score (nSPS) is 9.83. The first kappa shape index (κ1) is 12.2. The molecule has 0 fully saturated rings. The van der Waals surface area contributed by atoms with Crippen LogP contribution in [0.1, 0.15) is 5.56 Å². The third kappa shape index (κ3) is 2.53. The van der Waals surface area contributed by atoms with Crippen LogP contribution < -0.4 is 11.1 Å². The van der Waals surface area contributed by atoms with Gasteiger partial charge in [-0.2, -0.15) is 5.26 Å². The number of benzene rings is 2. The van der Waals surface area contributed by atoms with Gasteiger partial charge in [0.2, 0.25) is 0 Å². The molecule has 0 spiro atoms. The van der Waals surface area contributed by atoms with E-state index in [1.165, 1.54) is 12.1 Å². The monoisotopic (exact) mass is 261 g/mol. The number of hydrogen-bond donors (Lipinski definition) is 2. The van der Waals surface area contributed by atoms with E-state index in [-0.39, 0.29) is 5.02 Å². The Kier molecular flexibility index (Phi) is 3.35. The molecule has 0 aliphatic heterocycles. The van der Waals surface area contributed by atoms with Gasteiger partial charge >= 0.3 is 0 Å². The van der Waals surface area contributed by atoms with E-state index < -0.39 is 5.82 Å². The van der Waals surface area contributed by atoms with Gasteiger partial charge in [0, 0.05) is 5.69 Å². The number of nitriles is 1. The Morgan fingerprint density at radius 2 is 2.00 bits per heavy atom. The molecule has 5 heteroatoms. The van der Waals surface area contributed by atoms with Crippen LogP contribution >= 0.6 is 11.6 Å². The van der Waals surface area contributed by atoms with Crippen LogP contribution in [0.2, 0.25) is 5.02 Å². The third-order valence-electron chi connectivity index (χ3n) is 2.38. The summed E-state index contributed by atoms with van der Waals surface area (Å²) in [7, 11) is 0. The lowest BCUT2D eigenvalue weighted by atomic mass is 10.2. The van der Waals surface area contributed by atoms with Crippen LogP contribution in [0, 0.1) is 17.1 Å². The van der Waals surface area contributed by atoms with Crippen LogP contribution in [-0.4, -0.2) is 0 Å². The Labute approximate surface area is 109 Å². The Hall–Kier alpha value is -2.25. The maximum absolute atomic E-state index is 13.3. The molecule has 3 nitrogen and oxygen atoms in total. The molecule has 0 saturated heterocycles. The Bertz CT molecular complexity index is 635. The van der Waals surface area contributed by atoms with Crippen molar-refractivity contribution in [2.75, 3.05) is 11.1 Å². The van der Waals surface area contributed by atoms with E-state index in [1.54, 1.807) is 24.3 Å². The number of nitrogens with zero attached hydrogens (tertiary/aromatic N) is 1. The fourth-order valence-electron chi connectivity index (χ4n) is 1.48. The Balaban J connectivity index is 2.29. The van der Waals surface area contributed by atoms with Crippen molar-refractivity contribution in [2.24, 2.45) is 0 Å². The molecule has 0 amide bonds. The predicted molar refractivity (Wildman–Crippen MR) is 70.3 cm³/mol. The standard InChI is InChI=1S/C13H9ClFN3/c14-10-3-2-9(6-11(10)15)18-13-4-1-8(7-16)5-12(13)17/h1-6,18H,17H2. The van der Waals surface area contributed by atoms with Crippen molar-refractivity contribution in [1.82, 2.24) is 0 Å². The van der Waals surface area contributed by atoms with Gasteiger partial charge in [0.15, 0.2) is 0 Å². The molecule has 0 aromatic heterocycles. The van der Waals surface area contributed by atoms with Gasteiger partial charge in [0.25, 0.3) is 0 Å². The van der Waals surface area contributed by atoms with Gasteiger partial charge in [-0.15, -0.1) is 0 Å². The molecule has 0 aliphatic carbocycles. The molecule has 0 aliphatic rings. The van der Waals surface area contributed by atoms with Gasteiger partial charge in [0.1, 0.15) is 5.82 Å². The number of hydrogen-bond acceptors (Lipinski definition) is 3. The van der Waals surface area contributed by atoms with E-state index in [9.17, 15) is 4.39 Å². The minimum absolute atomic E-state index is 0.0633. The summed E-state index contributed by atoms with van der Waals surface area (Å²) in [5.41, 5.74) is 7.82. The van der Waals surface area contributed by atoms with Crippen molar-refractivity contribution in [2.45, 2.75) is 0 Å². The smallest absolute Gasteiger partial charge is 0.143 e. The first-order valence-corrected chi connectivity index (χ1v) is 5.49. The summed E-state index contributed by atoms with van der Waals surface area (Å²) in [6.07, 6.45) is 0. The summed E-state index contributed by atoms with van der Waals surface area (Å²) in [6.45, 7) is 0. The maximum atomic E-state index is 13.3. The van der Waals surface area contributed by atoms with Crippen molar-refractivity contribution >= 4 is 28.7 Å². The zero-order chi connectivity index (χ0) is 13.1. The third-order valence-corrected chi connectivity index (χ3v) is 2.69. The van der Waals surface area contributed by atoms with Crippen LogP contribution in [0.5, 0.6) is 0 Å². The van der Waals surface area contributed by atoms with Gasteiger partial charge in [-0.1, -0.05) is 11.6 Å². The molecule has 18 heavy (non-hydrogen) atoms. The number of nitrogen functional groups attached to an aromatic ring is 1. The highest BCUT2D eigenvalue weighted by Crippen LogP contribution is 2.26. The number of halogens is 2. The molecule has 2 rings (SSSR count). The molecule has 2 aromatic rings. The van der Waals surface area contributed by atoms with Crippen molar-refractivity contribution < 1.29 is 4.39 Å². The molecular formula is C13H9ClFN3. The lowest BCUT2D eigenvalue weighted by molar-refractivity contribution is 0.629. The van der Waals surface area contributed by atoms with Crippen LogP contribution in [0.15, 0.2) is 36.4 Å². The van der Waals surface area contributed by atoms with E-state index in [2.05, 4.69) is 5.32 Å². The number of nitrogens with one attached hydrogen (secondary N) is 1. The molecule has 0 heterocycles. The zero-order valence-electron chi connectivity index (χ0n) is 9.24. The van der Waals surface area contributed by atoms with Crippen LogP contribution in [0.3, 0.4) is 0 Å². The van der Waals surface area contributed by atoms with E-state index in [0.717, 1.165) is 0 Å². The molecule has 0 radical (unpaired) electrons. The summed E-state index contributed by atoms with van der Waals surface area (Å²) in [6, 6.07) is 11.2. The van der Waals surface area contributed by atoms with Crippen molar-refractivity contribution in [3.05, 3.63) is 52.8 Å². The second-order valence-corrected chi connectivity index (χ2v) is 4.07.